The summed E-state index contributed by atoms with van der Waals surface area (Å²) in [6.07, 6.45) is 7.93. The average Bonchev–Trinajstić information content (AvgIpc) is 2.28. The Labute approximate surface area is 126 Å². The van der Waals surface area contributed by atoms with Gasteiger partial charge in [0.1, 0.15) is 0 Å². The van der Waals surface area contributed by atoms with Crippen LogP contribution in [0.2, 0.25) is 0 Å². The molecule has 1 atom stereocenters. The summed E-state index contributed by atoms with van der Waals surface area (Å²) in [7, 11) is -0.964. The molecule has 0 heterocycles. The monoisotopic (exact) mass is 301 g/mol. The number of hydrogen-bond acceptors (Lipinski definition) is 2. The number of unbranched alkanes of at least 4 members (excludes halogenated alkanes) is 2. The molecule has 0 N–H and O–H groups in total. The van der Waals surface area contributed by atoms with E-state index in [1.807, 2.05) is 32.5 Å². The van der Waals surface area contributed by atoms with Gasteiger partial charge in [0.2, 0.25) is 0 Å². The maximum absolute atomic E-state index is 13.3. The molecule has 0 aliphatic rings. The van der Waals surface area contributed by atoms with E-state index in [-0.39, 0.29) is 10.6 Å². The van der Waals surface area contributed by atoms with Crippen molar-refractivity contribution >= 4 is 7.52 Å². The lowest BCUT2D eigenvalue weighted by Crippen LogP contribution is -2.31. The molecule has 0 rings (SSSR count). The molecule has 0 aliphatic heterocycles. The van der Waals surface area contributed by atoms with Crippen LogP contribution in [0.4, 0.5) is 0 Å². The Kier molecular flexibility index (Phi) is 7.53. The maximum atomic E-state index is 13.3. The summed E-state index contributed by atoms with van der Waals surface area (Å²) >= 11 is 0. The van der Waals surface area contributed by atoms with E-state index in [0.29, 0.717) is 6.61 Å². The number of nitrogens with zero attached hydrogens (tertiary/aromatic N) is 1. The topological polar surface area (TPSA) is 29.5 Å². The molecule has 3 nitrogen and oxygen atoms in total. The lowest BCUT2D eigenvalue weighted by Gasteiger charge is -2.38. The van der Waals surface area contributed by atoms with Crippen LogP contribution < -0.4 is 0 Å². The third-order valence-electron chi connectivity index (χ3n) is 3.02. The van der Waals surface area contributed by atoms with Gasteiger partial charge in [0, 0.05) is 13.0 Å². The van der Waals surface area contributed by atoms with E-state index in [2.05, 4.69) is 26.7 Å². The maximum Gasteiger partial charge on any atom is 0.277 e. The highest BCUT2D eigenvalue weighted by molar-refractivity contribution is 7.58. The zero-order chi connectivity index (χ0) is 16.0. The van der Waals surface area contributed by atoms with E-state index in [1.165, 1.54) is 0 Å². The van der Waals surface area contributed by atoms with Gasteiger partial charge in [-0.05, 0) is 46.1 Å². The smallest absolute Gasteiger partial charge is 0.277 e. The summed E-state index contributed by atoms with van der Waals surface area (Å²) in [5, 5.41) is -0.390. The molecule has 0 fully saturated rings. The van der Waals surface area contributed by atoms with Crippen molar-refractivity contribution in [1.82, 2.24) is 4.67 Å². The SMILES string of the molecule is C#CCCCCN(C)P(=O)(OCC(C)(C)C)C(C)(C)C. The molecule has 0 bridgehead atoms. The molecule has 118 valence electrons. The molecule has 0 aromatic rings. The van der Waals surface area contributed by atoms with Crippen molar-refractivity contribution in [3.8, 4) is 12.3 Å². The molecule has 1 unspecified atom stereocenters. The zero-order valence-corrected chi connectivity index (χ0v) is 15.2. The molecule has 0 saturated heterocycles. The minimum atomic E-state index is -2.86. The van der Waals surface area contributed by atoms with Crippen molar-refractivity contribution in [3.05, 3.63) is 0 Å². The fourth-order valence-corrected chi connectivity index (χ4v) is 4.36. The summed E-state index contributed by atoms with van der Waals surface area (Å²) in [6.45, 7) is 13.5. The van der Waals surface area contributed by atoms with Gasteiger partial charge < -0.3 is 4.52 Å². The summed E-state index contributed by atoms with van der Waals surface area (Å²) in [4.78, 5) is 0. The van der Waals surface area contributed by atoms with Crippen molar-refractivity contribution in [2.45, 2.75) is 66.0 Å². The van der Waals surface area contributed by atoms with Gasteiger partial charge in [-0.2, -0.15) is 0 Å². The average molecular weight is 301 g/mol. The highest BCUT2D eigenvalue weighted by atomic mass is 31.2. The highest BCUT2D eigenvalue weighted by Crippen LogP contribution is 2.61. The van der Waals surface area contributed by atoms with Crippen molar-refractivity contribution in [1.29, 1.82) is 0 Å². The van der Waals surface area contributed by atoms with Crippen LogP contribution in [0.1, 0.15) is 60.8 Å². The second-order valence-electron chi connectivity index (χ2n) is 7.57. The van der Waals surface area contributed by atoms with Gasteiger partial charge in [-0.1, -0.05) is 20.8 Å². The standard InChI is InChI=1S/C16H32NO2P/c1-9-10-11-12-13-17(8)20(18,16(5,6)7)19-14-15(2,3)4/h1H,10-14H2,2-8H3. The first-order valence-electron chi connectivity index (χ1n) is 7.34. The fraction of sp³-hybridized carbons (Fsp3) is 0.875. The van der Waals surface area contributed by atoms with E-state index in [0.717, 1.165) is 25.8 Å². The van der Waals surface area contributed by atoms with Crippen LogP contribution in [0.15, 0.2) is 0 Å². The quantitative estimate of drug-likeness (QED) is 0.385. The van der Waals surface area contributed by atoms with E-state index >= 15 is 0 Å². The Bertz CT molecular complexity index is 371. The van der Waals surface area contributed by atoms with Crippen molar-refractivity contribution in [2.24, 2.45) is 5.41 Å². The summed E-state index contributed by atoms with van der Waals surface area (Å²) in [5.41, 5.74) is 0.00518. The van der Waals surface area contributed by atoms with Gasteiger partial charge in [-0.15, -0.1) is 12.3 Å². The van der Waals surface area contributed by atoms with E-state index in [1.54, 1.807) is 0 Å². The first kappa shape index (κ1) is 19.7. The number of terminal acetylenes is 1. The Hall–Kier alpha value is -0.290. The molecule has 4 heteroatoms. The van der Waals surface area contributed by atoms with Gasteiger partial charge in [0.05, 0.1) is 11.8 Å². The summed E-state index contributed by atoms with van der Waals surface area (Å²) < 4.78 is 21.1. The Morgan fingerprint density at radius 1 is 1.15 bits per heavy atom. The van der Waals surface area contributed by atoms with Crippen LogP contribution in [0.25, 0.3) is 0 Å². The number of rotatable bonds is 7. The molecule has 0 spiro atoms. The van der Waals surface area contributed by atoms with Crippen LogP contribution in [-0.4, -0.2) is 30.0 Å². The van der Waals surface area contributed by atoms with E-state index < -0.39 is 7.52 Å². The first-order valence-corrected chi connectivity index (χ1v) is 8.91. The first-order chi connectivity index (χ1) is 8.94. The molecular weight excluding hydrogens is 269 g/mol. The highest BCUT2D eigenvalue weighted by Gasteiger charge is 2.42. The van der Waals surface area contributed by atoms with Crippen molar-refractivity contribution in [2.75, 3.05) is 20.2 Å². The van der Waals surface area contributed by atoms with Crippen LogP contribution >= 0.6 is 7.52 Å². The van der Waals surface area contributed by atoms with Gasteiger partial charge in [-0.25, -0.2) is 4.67 Å². The minimum Gasteiger partial charge on any atom is -0.316 e. The normalized spacial score (nSPS) is 15.9. The van der Waals surface area contributed by atoms with Crippen LogP contribution in [0.3, 0.4) is 0 Å². The Morgan fingerprint density at radius 2 is 1.70 bits per heavy atom. The molecule has 0 radical (unpaired) electrons. The second kappa shape index (κ2) is 7.64. The van der Waals surface area contributed by atoms with Gasteiger partial charge >= 0.3 is 0 Å². The molecule has 0 aliphatic carbocycles. The lowest BCUT2D eigenvalue weighted by atomic mass is 9.99. The molecule has 0 aromatic heterocycles. The van der Waals surface area contributed by atoms with E-state index in [9.17, 15) is 4.57 Å². The van der Waals surface area contributed by atoms with Crippen LogP contribution in [0, 0.1) is 17.8 Å². The molecule has 0 amide bonds. The predicted octanol–water partition coefficient (Wildman–Crippen LogP) is 4.78. The predicted molar refractivity (Wildman–Crippen MR) is 88.1 cm³/mol. The van der Waals surface area contributed by atoms with Crippen molar-refractivity contribution < 1.29 is 9.09 Å². The van der Waals surface area contributed by atoms with Crippen LogP contribution in [0.5, 0.6) is 0 Å². The van der Waals surface area contributed by atoms with Crippen LogP contribution in [-0.2, 0) is 9.09 Å². The molecule has 20 heavy (non-hydrogen) atoms. The largest absolute Gasteiger partial charge is 0.316 e. The summed E-state index contributed by atoms with van der Waals surface area (Å²) in [6, 6.07) is 0. The Balaban J connectivity index is 4.79. The fourth-order valence-electron chi connectivity index (χ4n) is 1.78. The zero-order valence-electron chi connectivity index (χ0n) is 14.3. The molecule has 0 saturated carbocycles. The van der Waals surface area contributed by atoms with Gasteiger partial charge in [0.15, 0.2) is 0 Å². The third kappa shape index (κ3) is 6.44. The molecular formula is C16H32NO2P. The lowest BCUT2D eigenvalue weighted by molar-refractivity contribution is 0.173. The third-order valence-corrected chi connectivity index (χ3v) is 6.30. The van der Waals surface area contributed by atoms with Crippen molar-refractivity contribution in [3.63, 3.8) is 0 Å². The second-order valence-corrected chi connectivity index (χ2v) is 10.9. The van der Waals surface area contributed by atoms with Gasteiger partial charge in [0.25, 0.3) is 7.52 Å². The summed E-state index contributed by atoms with van der Waals surface area (Å²) in [5.74, 6) is 2.64. The number of hydrogen-bond donors (Lipinski definition) is 0. The minimum absolute atomic E-state index is 0.00518. The Morgan fingerprint density at radius 3 is 2.10 bits per heavy atom. The van der Waals surface area contributed by atoms with E-state index in [4.69, 9.17) is 10.9 Å². The molecule has 0 aromatic carbocycles. The van der Waals surface area contributed by atoms with Gasteiger partial charge in [-0.3, -0.25) is 4.57 Å².